The summed E-state index contributed by atoms with van der Waals surface area (Å²) in [5.41, 5.74) is 2.99. The van der Waals surface area contributed by atoms with Gasteiger partial charge in [0.2, 0.25) is 0 Å². The van der Waals surface area contributed by atoms with Crippen LogP contribution in [-0.2, 0) is 6.42 Å². The van der Waals surface area contributed by atoms with E-state index >= 15 is 0 Å². The molecule has 2 fully saturated rings. The van der Waals surface area contributed by atoms with Gasteiger partial charge in [0.15, 0.2) is 0 Å². The number of nitrogens with zero attached hydrogens (tertiary/aromatic N) is 2. The number of rotatable bonds is 5. The zero-order chi connectivity index (χ0) is 17.4. The summed E-state index contributed by atoms with van der Waals surface area (Å²) in [4.78, 5) is 17.7. The molecule has 2 N–H and O–H groups in total. The van der Waals surface area contributed by atoms with Gasteiger partial charge in [0, 0.05) is 24.2 Å². The van der Waals surface area contributed by atoms with Crippen LogP contribution in [0.25, 0.3) is 11.1 Å². The van der Waals surface area contributed by atoms with Gasteiger partial charge in [0.05, 0.1) is 16.6 Å². The summed E-state index contributed by atoms with van der Waals surface area (Å²) in [6.45, 7) is 6.14. The Morgan fingerprint density at radius 1 is 1.40 bits per heavy atom. The number of hydrogen-bond acceptors (Lipinski definition) is 5. The van der Waals surface area contributed by atoms with E-state index in [2.05, 4.69) is 34.6 Å². The number of hydrogen-bond donors (Lipinski definition) is 2. The number of pyridine rings is 1. The van der Waals surface area contributed by atoms with Crippen molar-refractivity contribution in [3.63, 3.8) is 0 Å². The van der Waals surface area contributed by atoms with Crippen LogP contribution < -0.4 is 10.6 Å². The predicted octanol–water partition coefficient (Wildman–Crippen LogP) is 2.78. The van der Waals surface area contributed by atoms with E-state index in [9.17, 15) is 4.79 Å². The fourth-order valence-corrected chi connectivity index (χ4v) is 3.63. The molecule has 2 unspecified atom stereocenters. The first-order valence-electron chi connectivity index (χ1n) is 9.48. The molecule has 2 aliphatic rings. The Labute approximate surface area is 147 Å². The quantitative estimate of drug-likeness (QED) is 0.873. The lowest BCUT2D eigenvalue weighted by molar-refractivity contribution is 0.0916. The monoisotopic (exact) mass is 342 g/mol. The molecule has 6 heteroatoms. The van der Waals surface area contributed by atoms with Gasteiger partial charge in [-0.3, -0.25) is 4.79 Å². The molecule has 4 rings (SSSR count). The van der Waals surface area contributed by atoms with Crippen molar-refractivity contribution in [1.82, 2.24) is 20.8 Å². The minimum absolute atomic E-state index is 0.0320. The molecule has 1 aliphatic heterocycles. The standard InChI is InChI=1S/C19H26N4O2/c1-3-4-14-17-13(18(24)21-16-10-20-8-7-11(16)2)9-15(12-5-6-12)22-19(17)25-23-14/h9,11-12,16,20H,3-8,10H2,1-2H3,(H,21,24). The van der Waals surface area contributed by atoms with Crippen molar-refractivity contribution in [2.45, 2.75) is 57.9 Å². The van der Waals surface area contributed by atoms with E-state index in [0.29, 0.717) is 23.1 Å². The van der Waals surface area contributed by atoms with Crippen LogP contribution in [0, 0.1) is 5.92 Å². The number of aryl methyl sites for hydroxylation is 1. The number of carbonyl (C=O) groups excluding carboxylic acids is 1. The van der Waals surface area contributed by atoms with Crippen LogP contribution in [0.3, 0.4) is 0 Å². The molecule has 3 heterocycles. The van der Waals surface area contributed by atoms with Crippen molar-refractivity contribution in [3.8, 4) is 0 Å². The first kappa shape index (κ1) is 16.5. The SMILES string of the molecule is CCCc1noc2nc(C3CC3)cc(C(=O)NC3CNCCC3C)c12. The van der Waals surface area contributed by atoms with Crippen molar-refractivity contribution in [2.75, 3.05) is 13.1 Å². The zero-order valence-corrected chi connectivity index (χ0v) is 15.0. The van der Waals surface area contributed by atoms with Crippen LogP contribution in [0.4, 0.5) is 0 Å². The minimum Gasteiger partial charge on any atom is -0.348 e. The van der Waals surface area contributed by atoms with Crippen molar-refractivity contribution in [3.05, 3.63) is 23.0 Å². The molecule has 25 heavy (non-hydrogen) atoms. The number of fused-ring (bicyclic) bond motifs is 1. The minimum atomic E-state index is -0.0320. The Bertz CT molecular complexity index is 781. The number of piperidine rings is 1. The number of carbonyl (C=O) groups is 1. The Hall–Kier alpha value is -1.95. The van der Waals surface area contributed by atoms with Crippen LogP contribution in [-0.4, -0.2) is 35.2 Å². The molecule has 134 valence electrons. The highest BCUT2D eigenvalue weighted by molar-refractivity contribution is 6.06. The second-order valence-corrected chi connectivity index (χ2v) is 7.48. The van der Waals surface area contributed by atoms with E-state index in [1.165, 1.54) is 0 Å². The highest BCUT2D eigenvalue weighted by atomic mass is 16.5. The average Bonchev–Trinajstić information content (AvgIpc) is 3.39. The van der Waals surface area contributed by atoms with E-state index in [1.807, 2.05) is 6.07 Å². The molecule has 2 aromatic rings. The van der Waals surface area contributed by atoms with Crippen LogP contribution in [0.1, 0.15) is 67.2 Å². The van der Waals surface area contributed by atoms with Crippen molar-refractivity contribution >= 4 is 17.0 Å². The summed E-state index contributed by atoms with van der Waals surface area (Å²) in [5, 5.41) is 11.6. The maximum atomic E-state index is 13.1. The zero-order valence-electron chi connectivity index (χ0n) is 15.0. The Kier molecular flexibility index (Phi) is 4.46. The summed E-state index contributed by atoms with van der Waals surface area (Å²) in [6.07, 6.45) is 5.10. The second kappa shape index (κ2) is 6.75. The third-order valence-corrected chi connectivity index (χ3v) is 5.41. The third-order valence-electron chi connectivity index (χ3n) is 5.41. The van der Waals surface area contributed by atoms with Gasteiger partial charge in [-0.1, -0.05) is 25.4 Å². The van der Waals surface area contributed by atoms with Crippen LogP contribution in [0.5, 0.6) is 0 Å². The van der Waals surface area contributed by atoms with Gasteiger partial charge in [-0.25, -0.2) is 4.98 Å². The Morgan fingerprint density at radius 3 is 2.96 bits per heavy atom. The first-order valence-corrected chi connectivity index (χ1v) is 9.48. The van der Waals surface area contributed by atoms with E-state index in [0.717, 1.165) is 62.0 Å². The Morgan fingerprint density at radius 2 is 2.24 bits per heavy atom. The summed E-state index contributed by atoms with van der Waals surface area (Å²) in [6, 6.07) is 2.12. The smallest absolute Gasteiger partial charge is 0.259 e. The molecule has 0 bridgehead atoms. The fourth-order valence-electron chi connectivity index (χ4n) is 3.63. The summed E-state index contributed by atoms with van der Waals surface area (Å²) < 4.78 is 5.47. The molecule has 1 aliphatic carbocycles. The molecule has 2 atom stereocenters. The Balaban J connectivity index is 1.70. The lowest BCUT2D eigenvalue weighted by Crippen LogP contribution is -2.50. The van der Waals surface area contributed by atoms with Crippen LogP contribution in [0.2, 0.25) is 0 Å². The third kappa shape index (κ3) is 3.27. The van der Waals surface area contributed by atoms with E-state index in [1.54, 1.807) is 0 Å². The maximum absolute atomic E-state index is 13.1. The molecular weight excluding hydrogens is 316 g/mol. The van der Waals surface area contributed by atoms with E-state index in [-0.39, 0.29) is 11.9 Å². The molecule has 6 nitrogen and oxygen atoms in total. The molecule has 1 saturated heterocycles. The van der Waals surface area contributed by atoms with Crippen molar-refractivity contribution in [2.24, 2.45) is 5.92 Å². The molecule has 0 radical (unpaired) electrons. The summed E-state index contributed by atoms with van der Waals surface area (Å²) >= 11 is 0. The topological polar surface area (TPSA) is 80.0 Å². The average molecular weight is 342 g/mol. The molecule has 1 saturated carbocycles. The first-order chi connectivity index (χ1) is 12.2. The van der Waals surface area contributed by atoms with Gasteiger partial charge < -0.3 is 15.2 Å². The summed E-state index contributed by atoms with van der Waals surface area (Å²) in [7, 11) is 0. The highest BCUT2D eigenvalue weighted by Gasteiger charge is 2.30. The lowest BCUT2D eigenvalue weighted by atomic mass is 9.94. The van der Waals surface area contributed by atoms with E-state index < -0.39 is 0 Å². The normalized spacial score (nSPS) is 23.8. The van der Waals surface area contributed by atoms with Gasteiger partial charge in [-0.05, 0) is 44.2 Å². The van der Waals surface area contributed by atoms with Crippen LogP contribution in [0.15, 0.2) is 10.6 Å². The molecule has 1 amide bonds. The molecular formula is C19H26N4O2. The fraction of sp³-hybridized carbons (Fsp3) is 0.632. The largest absolute Gasteiger partial charge is 0.348 e. The van der Waals surface area contributed by atoms with Gasteiger partial charge in [-0.15, -0.1) is 0 Å². The maximum Gasteiger partial charge on any atom is 0.259 e. The second-order valence-electron chi connectivity index (χ2n) is 7.48. The van der Waals surface area contributed by atoms with Gasteiger partial charge in [0.25, 0.3) is 11.6 Å². The van der Waals surface area contributed by atoms with Crippen LogP contribution >= 0.6 is 0 Å². The molecule has 0 aromatic carbocycles. The molecule has 2 aromatic heterocycles. The molecule has 0 spiro atoms. The van der Waals surface area contributed by atoms with Gasteiger partial charge in [0.1, 0.15) is 0 Å². The van der Waals surface area contributed by atoms with Crippen molar-refractivity contribution in [1.29, 1.82) is 0 Å². The van der Waals surface area contributed by atoms with Gasteiger partial charge in [-0.2, -0.15) is 0 Å². The van der Waals surface area contributed by atoms with Crippen molar-refractivity contribution < 1.29 is 9.32 Å². The number of amides is 1. The lowest BCUT2D eigenvalue weighted by Gasteiger charge is -2.30. The number of aromatic nitrogens is 2. The van der Waals surface area contributed by atoms with E-state index in [4.69, 9.17) is 4.52 Å². The predicted molar refractivity (Wildman–Crippen MR) is 95.7 cm³/mol. The number of nitrogens with one attached hydrogen (secondary N) is 2. The summed E-state index contributed by atoms with van der Waals surface area (Å²) in [5.74, 6) is 0.907. The van der Waals surface area contributed by atoms with Gasteiger partial charge >= 0.3 is 0 Å². The highest BCUT2D eigenvalue weighted by Crippen LogP contribution is 2.40.